The zero-order chi connectivity index (χ0) is 14.2. The lowest BCUT2D eigenvalue weighted by atomic mass is 10.4. The predicted octanol–water partition coefficient (Wildman–Crippen LogP) is 2.69. The summed E-state index contributed by atoms with van der Waals surface area (Å²) in [6.07, 6.45) is 0. The molecule has 1 aliphatic rings. The van der Waals surface area contributed by atoms with Crippen LogP contribution in [0.15, 0.2) is 21.5 Å². The van der Waals surface area contributed by atoms with Gasteiger partial charge >= 0.3 is 0 Å². The minimum absolute atomic E-state index is 0.159. The topological polar surface area (TPSA) is 40.6 Å². The Labute approximate surface area is 131 Å². The van der Waals surface area contributed by atoms with Gasteiger partial charge in [-0.1, -0.05) is 23.2 Å². The molecule has 0 spiro atoms. The maximum atomic E-state index is 12.6. The Hall–Kier alpha value is 0.150. The van der Waals surface area contributed by atoms with E-state index in [9.17, 15) is 8.42 Å². The normalized spacial score (nSPS) is 18.7. The van der Waals surface area contributed by atoms with Crippen LogP contribution in [0.2, 0.25) is 10.0 Å². The maximum absolute atomic E-state index is 12.6. The van der Waals surface area contributed by atoms with Crippen molar-refractivity contribution < 1.29 is 8.42 Å². The Morgan fingerprint density at radius 3 is 2.21 bits per heavy atom. The highest BCUT2D eigenvalue weighted by Crippen LogP contribution is 2.33. The average Bonchev–Trinajstić information content (AvgIpc) is 2.34. The number of hydrogen-bond donors (Lipinski definition) is 0. The number of likely N-dealkylation sites (N-methyl/N-ethyl adjacent to an activating group) is 1. The van der Waals surface area contributed by atoms with Crippen molar-refractivity contribution >= 4 is 49.2 Å². The van der Waals surface area contributed by atoms with Crippen LogP contribution in [0.25, 0.3) is 0 Å². The second-order valence-corrected chi connectivity index (χ2v) is 7.98. The van der Waals surface area contributed by atoms with E-state index in [2.05, 4.69) is 20.8 Å². The van der Waals surface area contributed by atoms with Crippen LogP contribution in [0.4, 0.5) is 0 Å². The first kappa shape index (κ1) is 15.5. The Kier molecular flexibility index (Phi) is 4.80. The van der Waals surface area contributed by atoms with Crippen molar-refractivity contribution in [2.24, 2.45) is 0 Å². The Morgan fingerprint density at radius 1 is 1.11 bits per heavy atom. The van der Waals surface area contributed by atoms with Gasteiger partial charge in [-0.25, -0.2) is 8.42 Å². The monoisotopic (exact) mass is 386 g/mol. The Bertz CT molecular complexity index is 587. The van der Waals surface area contributed by atoms with E-state index in [1.807, 2.05) is 7.05 Å². The smallest absolute Gasteiger partial charge is 0.244 e. The van der Waals surface area contributed by atoms with Gasteiger partial charge in [-0.05, 0) is 35.1 Å². The quantitative estimate of drug-likeness (QED) is 0.732. The summed E-state index contributed by atoms with van der Waals surface area (Å²) in [5.41, 5.74) is 0. The summed E-state index contributed by atoms with van der Waals surface area (Å²) in [7, 11) is -1.57. The van der Waals surface area contributed by atoms with Gasteiger partial charge in [0.25, 0.3) is 0 Å². The zero-order valence-electron chi connectivity index (χ0n) is 10.2. The summed E-state index contributed by atoms with van der Waals surface area (Å²) < 4.78 is 27.0. The van der Waals surface area contributed by atoms with E-state index in [1.54, 1.807) is 0 Å². The third kappa shape index (κ3) is 3.25. The molecule has 0 aromatic heterocycles. The van der Waals surface area contributed by atoms with E-state index in [-0.39, 0.29) is 9.92 Å². The van der Waals surface area contributed by atoms with E-state index in [0.717, 1.165) is 13.1 Å². The maximum Gasteiger partial charge on any atom is 0.244 e. The van der Waals surface area contributed by atoms with Crippen LogP contribution in [0.1, 0.15) is 0 Å². The average molecular weight is 388 g/mol. The summed E-state index contributed by atoms with van der Waals surface area (Å²) in [6.45, 7) is 2.40. The molecule has 0 saturated carbocycles. The van der Waals surface area contributed by atoms with Crippen LogP contribution >= 0.6 is 39.1 Å². The SMILES string of the molecule is CN1CCN(S(=O)(=O)c2cc(Cl)c(Cl)cc2Br)CC1. The lowest BCUT2D eigenvalue weighted by Crippen LogP contribution is -2.47. The van der Waals surface area contributed by atoms with E-state index in [4.69, 9.17) is 23.2 Å². The van der Waals surface area contributed by atoms with Gasteiger partial charge in [0, 0.05) is 30.7 Å². The molecule has 106 valence electrons. The molecule has 0 amide bonds. The van der Waals surface area contributed by atoms with Crippen LogP contribution in [0, 0.1) is 0 Å². The molecule has 2 rings (SSSR count). The summed E-state index contributed by atoms with van der Waals surface area (Å²) in [6, 6.07) is 2.90. The second-order valence-electron chi connectivity index (χ2n) is 4.40. The molecule has 8 heteroatoms. The van der Waals surface area contributed by atoms with Gasteiger partial charge in [-0.3, -0.25) is 0 Å². The van der Waals surface area contributed by atoms with E-state index in [0.29, 0.717) is 22.6 Å². The molecule has 1 aromatic rings. The van der Waals surface area contributed by atoms with Crippen molar-refractivity contribution in [3.63, 3.8) is 0 Å². The molecule has 19 heavy (non-hydrogen) atoms. The molecule has 1 aliphatic heterocycles. The molecule has 1 saturated heterocycles. The lowest BCUT2D eigenvalue weighted by molar-refractivity contribution is 0.222. The molecule has 1 fully saturated rings. The number of rotatable bonds is 2. The van der Waals surface area contributed by atoms with Crippen molar-refractivity contribution in [3.8, 4) is 0 Å². The Balaban J connectivity index is 2.37. The highest BCUT2D eigenvalue weighted by Gasteiger charge is 2.29. The van der Waals surface area contributed by atoms with Crippen LogP contribution in [0.3, 0.4) is 0 Å². The van der Waals surface area contributed by atoms with Gasteiger partial charge in [0.1, 0.15) is 0 Å². The van der Waals surface area contributed by atoms with Crippen molar-refractivity contribution in [1.29, 1.82) is 0 Å². The minimum Gasteiger partial charge on any atom is -0.304 e. The fourth-order valence-corrected chi connectivity index (χ4v) is 4.84. The number of benzene rings is 1. The standard InChI is InChI=1S/C11H13BrCl2N2O2S/c1-15-2-4-16(5-3-15)19(17,18)11-7-10(14)9(13)6-8(11)12/h6-7H,2-5H2,1H3. The molecule has 0 N–H and O–H groups in total. The number of hydrogen-bond acceptors (Lipinski definition) is 3. The third-order valence-corrected chi connectivity index (χ3v) is 6.63. The van der Waals surface area contributed by atoms with Crippen molar-refractivity contribution in [2.45, 2.75) is 4.90 Å². The molecule has 0 unspecified atom stereocenters. The van der Waals surface area contributed by atoms with Crippen LogP contribution in [-0.4, -0.2) is 50.8 Å². The van der Waals surface area contributed by atoms with Crippen molar-refractivity contribution in [1.82, 2.24) is 9.21 Å². The van der Waals surface area contributed by atoms with Crippen molar-refractivity contribution in [3.05, 3.63) is 26.7 Å². The highest BCUT2D eigenvalue weighted by molar-refractivity contribution is 9.10. The summed E-state index contributed by atoms with van der Waals surface area (Å²) in [5.74, 6) is 0. The predicted molar refractivity (Wildman–Crippen MR) is 80.4 cm³/mol. The second kappa shape index (κ2) is 5.87. The number of nitrogens with zero attached hydrogens (tertiary/aromatic N) is 2. The first-order chi connectivity index (χ1) is 8.82. The van der Waals surface area contributed by atoms with E-state index in [1.165, 1.54) is 16.4 Å². The fourth-order valence-electron chi connectivity index (χ4n) is 1.87. The van der Waals surface area contributed by atoms with Gasteiger partial charge in [0.2, 0.25) is 10.0 Å². The third-order valence-electron chi connectivity index (χ3n) is 3.05. The Morgan fingerprint density at radius 2 is 1.63 bits per heavy atom. The van der Waals surface area contributed by atoms with Gasteiger partial charge in [0.15, 0.2) is 0 Å². The van der Waals surface area contributed by atoms with Gasteiger partial charge < -0.3 is 4.90 Å². The number of sulfonamides is 1. The highest BCUT2D eigenvalue weighted by atomic mass is 79.9. The lowest BCUT2D eigenvalue weighted by Gasteiger charge is -2.31. The molecule has 0 aliphatic carbocycles. The molecular weight excluding hydrogens is 375 g/mol. The molecule has 0 atom stereocenters. The van der Waals surface area contributed by atoms with Crippen LogP contribution in [-0.2, 0) is 10.0 Å². The van der Waals surface area contributed by atoms with Crippen molar-refractivity contribution in [2.75, 3.05) is 33.2 Å². The summed E-state index contributed by atoms with van der Waals surface area (Å²) in [5, 5.41) is 0.559. The van der Waals surface area contributed by atoms with Crippen LogP contribution < -0.4 is 0 Å². The van der Waals surface area contributed by atoms with Crippen LogP contribution in [0.5, 0.6) is 0 Å². The van der Waals surface area contributed by atoms with E-state index >= 15 is 0 Å². The first-order valence-electron chi connectivity index (χ1n) is 5.65. The number of halogens is 3. The van der Waals surface area contributed by atoms with E-state index < -0.39 is 10.0 Å². The largest absolute Gasteiger partial charge is 0.304 e. The molecular formula is C11H13BrCl2N2O2S. The molecule has 1 aromatic carbocycles. The number of piperazine rings is 1. The summed E-state index contributed by atoms with van der Waals surface area (Å²) in [4.78, 5) is 2.25. The first-order valence-corrected chi connectivity index (χ1v) is 8.64. The molecule has 0 radical (unpaired) electrons. The summed E-state index contributed by atoms with van der Waals surface area (Å²) >= 11 is 15.0. The molecule has 4 nitrogen and oxygen atoms in total. The van der Waals surface area contributed by atoms with Gasteiger partial charge in [-0.15, -0.1) is 0 Å². The fraction of sp³-hybridized carbons (Fsp3) is 0.455. The van der Waals surface area contributed by atoms with Gasteiger partial charge in [-0.2, -0.15) is 4.31 Å². The molecule has 0 bridgehead atoms. The minimum atomic E-state index is -3.54. The zero-order valence-corrected chi connectivity index (χ0v) is 14.2. The molecule has 1 heterocycles. The van der Waals surface area contributed by atoms with Gasteiger partial charge in [0.05, 0.1) is 14.9 Å².